The number of esters is 1. The van der Waals surface area contributed by atoms with Crippen LogP contribution in [0.2, 0.25) is 0 Å². The number of aliphatic carboxylic acids is 1. The van der Waals surface area contributed by atoms with Crippen LogP contribution in [0, 0.1) is 17.5 Å². The maximum atomic E-state index is 13.1. The Morgan fingerprint density at radius 1 is 1.17 bits per heavy atom. The zero-order chi connectivity index (χ0) is 19.1. The zero-order valence-corrected chi connectivity index (χ0v) is 14.0. The van der Waals surface area contributed by atoms with Crippen LogP contribution < -0.4 is 5.73 Å². The summed E-state index contributed by atoms with van der Waals surface area (Å²) >= 11 is 0. The minimum Gasteiger partial charge on any atom is -0.481 e. The first-order valence-electron chi connectivity index (χ1n) is 7.12. The Bertz CT molecular complexity index is 585. The van der Waals surface area contributed by atoms with Gasteiger partial charge in [-0.3, -0.25) is 9.59 Å². The minimum absolute atomic E-state index is 0.132. The SMILES string of the molecule is CC(=O)OC(C)(C)C.NC(CC(=O)O)Cc1cc(F)c(F)cc1F. The summed E-state index contributed by atoms with van der Waals surface area (Å²) in [6.45, 7) is 6.93. The second kappa shape index (κ2) is 9.27. The fraction of sp³-hybridized carbons (Fsp3) is 0.500. The predicted octanol–water partition coefficient (Wildman–Crippen LogP) is 2.80. The van der Waals surface area contributed by atoms with Gasteiger partial charge in [-0.2, -0.15) is 0 Å². The van der Waals surface area contributed by atoms with Gasteiger partial charge >= 0.3 is 11.9 Å². The van der Waals surface area contributed by atoms with Gasteiger partial charge in [0.25, 0.3) is 0 Å². The molecule has 1 rings (SSSR count). The van der Waals surface area contributed by atoms with Gasteiger partial charge in [0.1, 0.15) is 11.4 Å². The third kappa shape index (κ3) is 9.83. The van der Waals surface area contributed by atoms with Crippen LogP contribution >= 0.6 is 0 Å². The quantitative estimate of drug-likeness (QED) is 0.644. The Labute approximate surface area is 138 Å². The molecule has 0 spiro atoms. The Hall–Kier alpha value is -2.09. The first-order chi connectivity index (χ1) is 10.8. The molecule has 0 fully saturated rings. The van der Waals surface area contributed by atoms with E-state index in [1.54, 1.807) is 0 Å². The van der Waals surface area contributed by atoms with E-state index in [0.717, 1.165) is 0 Å². The van der Waals surface area contributed by atoms with Gasteiger partial charge in [-0.25, -0.2) is 13.2 Å². The molecule has 0 aliphatic rings. The summed E-state index contributed by atoms with van der Waals surface area (Å²) in [4.78, 5) is 20.5. The van der Waals surface area contributed by atoms with E-state index in [0.29, 0.717) is 12.1 Å². The van der Waals surface area contributed by atoms with Crippen molar-refractivity contribution in [3.8, 4) is 0 Å². The van der Waals surface area contributed by atoms with Gasteiger partial charge in [-0.15, -0.1) is 0 Å². The first-order valence-corrected chi connectivity index (χ1v) is 7.12. The lowest BCUT2D eigenvalue weighted by Gasteiger charge is -2.17. The molecule has 0 aliphatic carbocycles. The molecule has 3 N–H and O–H groups in total. The topological polar surface area (TPSA) is 89.6 Å². The van der Waals surface area contributed by atoms with Crippen molar-refractivity contribution in [2.75, 3.05) is 0 Å². The zero-order valence-electron chi connectivity index (χ0n) is 14.0. The van der Waals surface area contributed by atoms with Crippen molar-refractivity contribution in [1.82, 2.24) is 0 Å². The number of halogens is 3. The number of carboxylic acid groups (broad SMARTS) is 1. The summed E-state index contributed by atoms with van der Waals surface area (Å²) in [5.41, 5.74) is 4.94. The lowest BCUT2D eigenvalue weighted by Crippen LogP contribution is -2.26. The molecule has 5 nitrogen and oxygen atoms in total. The number of benzene rings is 1. The predicted molar refractivity (Wildman–Crippen MR) is 81.8 cm³/mol. The number of carbonyl (C=O) groups is 2. The fourth-order valence-electron chi connectivity index (χ4n) is 1.73. The average molecular weight is 349 g/mol. The maximum absolute atomic E-state index is 13.1. The minimum atomic E-state index is -1.28. The molecule has 24 heavy (non-hydrogen) atoms. The average Bonchev–Trinajstić information content (AvgIpc) is 2.32. The van der Waals surface area contributed by atoms with E-state index >= 15 is 0 Å². The van der Waals surface area contributed by atoms with Crippen LogP contribution in [0.1, 0.15) is 39.7 Å². The molecule has 1 aromatic rings. The largest absolute Gasteiger partial charge is 0.481 e. The fourth-order valence-corrected chi connectivity index (χ4v) is 1.73. The molecule has 0 radical (unpaired) electrons. The van der Waals surface area contributed by atoms with Crippen LogP contribution in [0.15, 0.2) is 12.1 Å². The molecule has 0 saturated carbocycles. The molecule has 0 heterocycles. The van der Waals surface area contributed by atoms with Crippen LogP contribution in [0.5, 0.6) is 0 Å². The van der Waals surface area contributed by atoms with Gasteiger partial charge in [0.2, 0.25) is 0 Å². The summed E-state index contributed by atoms with van der Waals surface area (Å²) in [5.74, 6) is -4.75. The molecule has 0 aliphatic heterocycles. The molecule has 1 atom stereocenters. The maximum Gasteiger partial charge on any atom is 0.304 e. The second-order valence-corrected chi connectivity index (χ2v) is 6.13. The van der Waals surface area contributed by atoms with Gasteiger partial charge < -0.3 is 15.6 Å². The van der Waals surface area contributed by atoms with Crippen molar-refractivity contribution in [3.05, 3.63) is 35.1 Å². The summed E-state index contributed by atoms with van der Waals surface area (Å²) < 4.78 is 43.3. The smallest absolute Gasteiger partial charge is 0.304 e. The summed E-state index contributed by atoms with van der Waals surface area (Å²) in [6.07, 6.45) is -0.520. The number of hydrogen-bond donors (Lipinski definition) is 2. The summed E-state index contributed by atoms with van der Waals surface area (Å²) in [5, 5.41) is 8.42. The Morgan fingerprint density at radius 2 is 1.67 bits per heavy atom. The first kappa shape index (κ1) is 21.9. The molecule has 8 heteroatoms. The van der Waals surface area contributed by atoms with E-state index in [4.69, 9.17) is 15.6 Å². The van der Waals surface area contributed by atoms with Crippen molar-refractivity contribution >= 4 is 11.9 Å². The van der Waals surface area contributed by atoms with Crippen LogP contribution in [0.4, 0.5) is 13.2 Å². The van der Waals surface area contributed by atoms with Crippen LogP contribution in [0.3, 0.4) is 0 Å². The van der Waals surface area contributed by atoms with E-state index in [1.807, 2.05) is 20.8 Å². The molecular formula is C16H22F3NO4. The van der Waals surface area contributed by atoms with Crippen molar-refractivity contribution in [2.45, 2.75) is 52.2 Å². The van der Waals surface area contributed by atoms with Crippen molar-refractivity contribution in [2.24, 2.45) is 5.73 Å². The molecule has 0 amide bonds. The number of ether oxygens (including phenoxy) is 1. The van der Waals surface area contributed by atoms with E-state index in [9.17, 15) is 22.8 Å². The second-order valence-electron chi connectivity index (χ2n) is 6.13. The normalized spacial score (nSPS) is 12.0. The van der Waals surface area contributed by atoms with Gasteiger partial charge in [0, 0.05) is 19.0 Å². The van der Waals surface area contributed by atoms with Gasteiger partial charge in [-0.1, -0.05) is 0 Å². The molecule has 0 saturated heterocycles. The Balaban J connectivity index is 0.000000561. The third-order valence-corrected chi connectivity index (χ3v) is 2.46. The highest BCUT2D eigenvalue weighted by Crippen LogP contribution is 2.15. The van der Waals surface area contributed by atoms with Gasteiger partial charge in [-0.05, 0) is 38.8 Å². The lowest BCUT2D eigenvalue weighted by molar-refractivity contribution is -0.151. The number of carboxylic acids is 1. The molecule has 1 aromatic carbocycles. The number of carbonyl (C=O) groups excluding carboxylic acids is 1. The van der Waals surface area contributed by atoms with E-state index < -0.39 is 29.5 Å². The molecular weight excluding hydrogens is 327 g/mol. The van der Waals surface area contributed by atoms with Crippen LogP contribution in [-0.2, 0) is 20.7 Å². The Kier molecular flexibility index (Phi) is 8.46. The van der Waals surface area contributed by atoms with E-state index in [-0.39, 0.29) is 30.0 Å². The van der Waals surface area contributed by atoms with Gasteiger partial charge in [0.05, 0.1) is 6.42 Å². The summed E-state index contributed by atoms with van der Waals surface area (Å²) in [7, 11) is 0. The van der Waals surface area contributed by atoms with Crippen LogP contribution in [0.25, 0.3) is 0 Å². The molecule has 136 valence electrons. The summed E-state index contributed by atoms with van der Waals surface area (Å²) in [6, 6.07) is 0.265. The Morgan fingerprint density at radius 3 is 2.04 bits per heavy atom. The highest BCUT2D eigenvalue weighted by Gasteiger charge is 2.15. The lowest BCUT2D eigenvalue weighted by atomic mass is 10.0. The van der Waals surface area contributed by atoms with Crippen LogP contribution in [-0.4, -0.2) is 28.7 Å². The standard InChI is InChI=1S/C10H10F3NO2.C6H12O2/c11-7-4-9(13)8(12)2-5(7)1-6(14)3-10(15)16;1-5(7)8-6(2,3)4/h2,4,6H,1,3,14H2,(H,15,16);1-4H3. The highest BCUT2D eigenvalue weighted by atomic mass is 19.2. The van der Waals surface area contributed by atoms with Crippen molar-refractivity contribution < 1.29 is 32.6 Å². The monoisotopic (exact) mass is 349 g/mol. The van der Waals surface area contributed by atoms with E-state index in [2.05, 4.69) is 0 Å². The van der Waals surface area contributed by atoms with Crippen molar-refractivity contribution in [1.29, 1.82) is 0 Å². The molecule has 1 unspecified atom stereocenters. The number of nitrogens with two attached hydrogens (primary N) is 1. The highest BCUT2D eigenvalue weighted by molar-refractivity contribution is 5.67. The number of rotatable bonds is 4. The molecule has 0 bridgehead atoms. The third-order valence-electron chi connectivity index (χ3n) is 2.46. The molecule has 0 aromatic heterocycles. The van der Waals surface area contributed by atoms with Gasteiger partial charge in [0.15, 0.2) is 11.6 Å². The van der Waals surface area contributed by atoms with E-state index in [1.165, 1.54) is 6.92 Å². The number of hydrogen-bond acceptors (Lipinski definition) is 4. The van der Waals surface area contributed by atoms with Crippen molar-refractivity contribution in [3.63, 3.8) is 0 Å².